The summed E-state index contributed by atoms with van der Waals surface area (Å²) in [5.74, 6) is 1.35. The van der Waals surface area contributed by atoms with E-state index in [1.54, 1.807) is 31.1 Å². The Morgan fingerprint density at radius 3 is 2.31 bits per heavy atom. The second kappa shape index (κ2) is 13.0. The van der Waals surface area contributed by atoms with Crippen LogP contribution in [0.3, 0.4) is 0 Å². The van der Waals surface area contributed by atoms with Crippen LogP contribution < -0.4 is 10.1 Å². The van der Waals surface area contributed by atoms with Crippen LogP contribution in [0, 0.1) is 0 Å². The lowest BCUT2D eigenvalue weighted by atomic mass is 10.1. The summed E-state index contributed by atoms with van der Waals surface area (Å²) in [5, 5.41) is 3.97. The van der Waals surface area contributed by atoms with Gasteiger partial charge in [0.15, 0.2) is 0 Å². The highest BCUT2D eigenvalue weighted by Crippen LogP contribution is 2.25. The molecule has 0 spiro atoms. The summed E-state index contributed by atoms with van der Waals surface area (Å²) in [7, 11) is 1.61. The zero-order valence-corrected chi connectivity index (χ0v) is 21.2. The van der Waals surface area contributed by atoms with E-state index in [0.717, 1.165) is 23.3 Å². The summed E-state index contributed by atoms with van der Waals surface area (Å²) >= 11 is 13.5. The number of thioether (sulfide) groups is 1. The minimum Gasteiger partial charge on any atom is -0.497 e. The molecule has 2 rings (SSSR count). The minimum atomic E-state index is -0.593. The lowest BCUT2D eigenvalue weighted by Crippen LogP contribution is -2.50. The molecule has 0 aliphatic heterocycles. The van der Waals surface area contributed by atoms with Crippen molar-refractivity contribution in [1.29, 1.82) is 0 Å². The first-order valence-corrected chi connectivity index (χ1v) is 12.4. The Hall–Kier alpha value is -1.89. The maximum absolute atomic E-state index is 13.1. The molecule has 0 heterocycles. The maximum Gasteiger partial charge on any atom is 0.242 e. The van der Waals surface area contributed by atoms with Gasteiger partial charge in [-0.15, -0.1) is 11.8 Å². The van der Waals surface area contributed by atoms with E-state index in [2.05, 4.69) is 5.32 Å². The van der Waals surface area contributed by atoms with Gasteiger partial charge in [0.05, 0.1) is 22.9 Å². The highest BCUT2D eigenvalue weighted by atomic mass is 35.5. The number of rotatable bonds is 11. The molecule has 2 aromatic rings. The number of carbonyl (C=O) groups is 2. The molecule has 8 heteroatoms. The number of benzene rings is 2. The van der Waals surface area contributed by atoms with Gasteiger partial charge in [0, 0.05) is 18.3 Å². The highest BCUT2D eigenvalue weighted by molar-refractivity contribution is 7.99. The maximum atomic E-state index is 13.1. The Kier molecular flexibility index (Phi) is 10.7. The smallest absolute Gasteiger partial charge is 0.242 e. The number of ether oxygens (including phenoxy) is 1. The number of nitrogens with one attached hydrogen (secondary N) is 1. The van der Waals surface area contributed by atoms with Gasteiger partial charge in [-0.1, -0.05) is 48.3 Å². The molecule has 0 aliphatic rings. The molecule has 2 atom stereocenters. The molecule has 2 amide bonds. The van der Waals surface area contributed by atoms with E-state index in [9.17, 15) is 9.59 Å². The quantitative estimate of drug-likeness (QED) is 0.441. The first-order valence-electron chi connectivity index (χ1n) is 10.5. The zero-order valence-electron chi connectivity index (χ0n) is 18.9. The fraction of sp³-hybridized carbons (Fsp3) is 0.417. The molecule has 0 radical (unpaired) electrons. The van der Waals surface area contributed by atoms with Crippen molar-refractivity contribution < 1.29 is 14.3 Å². The van der Waals surface area contributed by atoms with Crippen molar-refractivity contribution in [2.75, 3.05) is 12.9 Å². The van der Waals surface area contributed by atoms with Crippen LogP contribution in [-0.2, 0) is 21.9 Å². The monoisotopic (exact) mass is 496 g/mol. The average molecular weight is 497 g/mol. The van der Waals surface area contributed by atoms with Crippen molar-refractivity contribution in [2.45, 2.75) is 51.6 Å². The summed E-state index contributed by atoms with van der Waals surface area (Å²) < 4.78 is 5.21. The number of methoxy groups -OCH3 is 1. The summed E-state index contributed by atoms with van der Waals surface area (Å²) in [4.78, 5) is 27.5. The van der Waals surface area contributed by atoms with Crippen LogP contribution in [0.25, 0.3) is 0 Å². The number of amides is 2. The summed E-state index contributed by atoms with van der Waals surface area (Å²) in [6.07, 6.45) is 0.824. The number of halogens is 2. The second-order valence-corrected chi connectivity index (χ2v) is 9.40. The van der Waals surface area contributed by atoms with Gasteiger partial charge in [0.2, 0.25) is 11.8 Å². The van der Waals surface area contributed by atoms with Crippen LogP contribution in [0.5, 0.6) is 5.75 Å². The molecule has 0 saturated carbocycles. The summed E-state index contributed by atoms with van der Waals surface area (Å²) in [6, 6.07) is 12.4. The van der Waals surface area contributed by atoms with Gasteiger partial charge in [-0.3, -0.25) is 9.59 Å². The van der Waals surface area contributed by atoms with E-state index in [0.29, 0.717) is 22.3 Å². The van der Waals surface area contributed by atoms with Crippen LogP contribution in [0.15, 0.2) is 42.5 Å². The van der Waals surface area contributed by atoms with E-state index in [4.69, 9.17) is 27.9 Å². The Morgan fingerprint density at radius 1 is 1.06 bits per heavy atom. The lowest BCUT2D eigenvalue weighted by molar-refractivity contribution is -0.138. The van der Waals surface area contributed by atoms with E-state index in [1.807, 2.05) is 44.2 Å². The Labute approximate surface area is 204 Å². The van der Waals surface area contributed by atoms with Gasteiger partial charge < -0.3 is 15.0 Å². The predicted octanol–water partition coefficient (Wildman–Crippen LogP) is 5.57. The van der Waals surface area contributed by atoms with Crippen LogP contribution in [0.2, 0.25) is 10.0 Å². The molecule has 174 valence electrons. The number of hydrogen-bond acceptors (Lipinski definition) is 4. The second-order valence-electron chi connectivity index (χ2n) is 7.60. The van der Waals surface area contributed by atoms with Crippen molar-refractivity contribution in [2.24, 2.45) is 0 Å². The third-order valence-electron chi connectivity index (χ3n) is 5.16. The lowest BCUT2D eigenvalue weighted by Gasteiger charge is -2.29. The SMILES string of the molecule is CC[C@@H](C)NC(=O)[C@@H](C)N(Cc1ccc(OC)cc1)C(=O)CSCc1ccc(Cl)c(Cl)c1. The minimum absolute atomic E-state index is 0.0481. The van der Waals surface area contributed by atoms with Gasteiger partial charge in [0.25, 0.3) is 0 Å². The van der Waals surface area contributed by atoms with E-state index < -0.39 is 6.04 Å². The molecule has 1 N–H and O–H groups in total. The Morgan fingerprint density at radius 2 is 1.72 bits per heavy atom. The molecule has 0 fully saturated rings. The molecule has 0 bridgehead atoms. The first-order chi connectivity index (χ1) is 15.2. The van der Waals surface area contributed by atoms with Crippen molar-refractivity contribution in [3.63, 3.8) is 0 Å². The highest BCUT2D eigenvalue weighted by Gasteiger charge is 2.26. The Balaban J connectivity index is 2.09. The topological polar surface area (TPSA) is 58.6 Å². The molecule has 2 aromatic carbocycles. The third-order valence-corrected chi connectivity index (χ3v) is 6.89. The number of hydrogen-bond donors (Lipinski definition) is 1. The van der Waals surface area contributed by atoms with Gasteiger partial charge in [-0.05, 0) is 55.7 Å². The predicted molar refractivity (Wildman–Crippen MR) is 134 cm³/mol. The molecule has 32 heavy (non-hydrogen) atoms. The molecule has 0 unspecified atom stereocenters. The first kappa shape index (κ1) is 26.4. The third kappa shape index (κ3) is 7.91. The molecular weight excluding hydrogens is 467 g/mol. The van der Waals surface area contributed by atoms with Crippen LogP contribution in [0.1, 0.15) is 38.3 Å². The summed E-state index contributed by atoms with van der Waals surface area (Å²) in [5.41, 5.74) is 1.92. The zero-order chi connectivity index (χ0) is 23.7. The van der Waals surface area contributed by atoms with E-state index in [1.165, 1.54) is 11.8 Å². The molecular formula is C24H30Cl2N2O3S. The van der Waals surface area contributed by atoms with Gasteiger partial charge >= 0.3 is 0 Å². The standard InChI is InChI=1S/C24H30Cl2N2O3S/c1-5-16(2)27-24(30)17(3)28(13-18-6-9-20(31-4)10-7-18)23(29)15-32-14-19-8-11-21(25)22(26)12-19/h6-12,16-17H,5,13-15H2,1-4H3,(H,27,30)/t16-,17-/m1/s1. The fourth-order valence-corrected chi connectivity index (χ4v) is 4.12. The van der Waals surface area contributed by atoms with Gasteiger partial charge in [-0.25, -0.2) is 0 Å². The van der Waals surface area contributed by atoms with Crippen molar-refractivity contribution >= 4 is 46.8 Å². The largest absolute Gasteiger partial charge is 0.497 e. The van der Waals surface area contributed by atoms with Crippen LogP contribution in [0.4, 0.5) is 0 Å². The number of carbonyl (C=O) groups excluding carboxylic acids is 2. The van der Waals surface area contributed by atoms with Gasteiger partial charge in [-0.2, -0.15) is 0 Å². The fourth-order valence-electron chi connectivity index (χ4n) is 2.94. The molecule has 0 aliphatic carbocycles. The molecule has 0 aromatic heterocycles. The Bertz CT molecular complexity index is 909. The normalized spacial score (nSPS) is 12.7. The number of nitrogens with zero attached hydrogens (tertiary/aromatic N) is 1. The average Bonchev–Trinajstić information content (AvgIpc) is 2.79. The van der Waals surface area contributed by atoms with Gasteiger partial charge in [0.1, 0.15) is 11.8 Å². The molecule has 0 saturated heterocycles. The summed E-state index contributed by atoms with van der Waals surface area (Å²) in [6.45, 7) is 6.07. The van der Waals surface area contributed by atoms with Crippen molar-refractivity contribution in [3.05, 3.63) is 63.6 Å². The van der Waals surface area contributed by atoms with Crippen LogP contribution >= 0.6 is 35.0 Å². The van der Waals surface area contributed by atoms with E-state index in [-0.39, 0.29) is 23.6 Å². The molecule has 5 nitrogen and oxygen atoms in total. The van der Waals surface area contributed by atoms with Crippen molar-refractivity contribution in [1.82, 2.24) is 10.2 Å². The van der Waals surface area contributed by atoms with E-state index >= 15 is 0 Å². The van der Waals surface area contributed by atoms with Crippen LogP contribution in [-0.4, -0.2) is 41.7 Å². The van der Waals surface area contributed by atoms with Crippen molar-refractivity contribution in [3.8, 4) is 5.75 Å².